The second-order valence-electron chi connectivity index (χ2n) is 1.30. The molecule has 0 rings (SSSR count). The van der Waals surface area contributed by atoms with Gasteiger partial charge in [-0.25, -0.2) is 17.6 Å². The molecule has 0 saturated heterocycles. The third-order valence-corrected chi connectivity index (χ3v) is 0.644. The molecule has 0 aliphatic heterocycles. The van der Waals surface area contributed by atoms with Gasteiger partial charge in [0.1, 0.15) is 7.11 Å². The molecule has 0 N–H and O–H groups in total. The minimum atomic E-state index is -3.26. The van der Waals surface area contributed by atoms with Crippen LogP contribution in [0, 0.1) is 0 Å². The minimum absolute atomic E-state index is 0.921. The largest absolute Gasteiger partial charge is 0.399 e. The molecule has 0 heterocycles. The van der Waals surface area contributed by atoms with Crippen LogP contribution >= 0.6 is 0 Å². The molecular weight excluding hydrogens is 154 g/mol. The predicted molar refractivity (Wildman–Crippen MR) is 26.5 cm³/mol. The lowest BCUT2D eigenvalue weighted by molar-refractivity contribution is 0.144. The smallest absolute Gasteiger partial charge is 0.285 e. The van der Waals surface area contributed by atoms with E-state index < -0.39 is 18.6 Å². The normalized spacial score (nSPS) is 10.3. The van der Waals surface area contributed by atoms with Crippen molar-refractivity contribution in [3.05, 3.63) is 0 Å². The van der Waals surface area contributed by atoms with Crippen molar-refractivity contribution in [2.45, 2.75) is 12.9 Å². The molecule has 0 aromatic carbocycles. The Morgan fingerprint density at radius 2 is 1.60 bits per heavy atom. The van der Waals surface area contributed by atoms with Gasteiger partial charge in [0.25, 0.3) is 12.9 Å². The molecule has 0 bridgehead atoms. The average molecular weight is 159 g/mol. The highest BCUT2D eigenvalue weighted by Gasteiger charge is 2.24. The van der Waals surface area contributed by atoms with Gasteiger partial charge in [-0.3, -0.25) is 0 Å². The van der Waals surface area contributed by atoms with E-state index >= 15 is 0 Å². The zero-order valence-corrected chi connectivity index (χ0v) is 5.02. The van der Waals surface area contributed by atoms with Gasteiger partial charge in [-0.1, -0.05) is 5.16 Å². The SMILES string of the molecule is CON=C(C(F)F)C(F)F. The van der Waals surface area contributed by atoms with Gasteiger partial charge in [0.15, 0.2) is 5.71 Å². The third kappa shape index (κ3) is 2.65. The summed E-state index contributed by atoms with van der Waals surface area (Å²) in [5.41, 5.74) is -1.54. The minimum Gasteiger partial charge on any atom is -0.399 e. The first kappa shape index (κ1) is 9.19. The maximum Gasteiger partial charge on any atom is 0.285 e. The van der Waals surface area contributed by atoms with Gasteiger partial charge in [-0.05, 0) is 0 Å². The maximum atomic E-state index is 11.4. The lowest BCUT2D eigenvalue weighted by atomic mass is 10.4. The fraction of sp³-hybridized carbons (Fsp3) is 0.750. The lowest BCUT2D eigenvalue weighted by Crippen LogP contribution is -2.19. The number of rotatable bonds is 3. The molecular formula is C4H5F4NO. The first-order valence-electron chi connectivity index (χ1n) is 2.26. The van der Waals surface area contributed by atoms with Gasteiger partial charge in [0.05, 0.1) is 0 Å². The van der Waals surface area contributed by atoms with Crippen molar-refractivity contribution in [2.75, 3.05) is 7.11 Å². The van der Waals surface area contributed by atoms with Crippen molar-refractivity contribution < 1.29 is 22.4 Å². The molecule has 0 amide bonds. The second kappa shape index (κ2) is 4.08. The van der Waals surface area contributed by atoms with Gasteiger partial charge in [-0.2, -0.15) is 0 Å². The Bertz CT molecular complexity index is 114. The van der Waals surface area contributed by atoms with E-state index in [-0.39, 0.29) is 0 Å². The quantitative estimate of drug-likeness (QED) is 0.347. The van der Waals surface area contributed by atoms with Gasteiger partial charge in [0.2, 0.25) is 0 Å². The van der Waals surface area contributed by atoms with Crippen LogP contribution in [0.4, 0.5) is 17.6 Å². The molecule has 10 heavy (non-hydrogen) atoms. The molecule has 0 unspecified atom stereocenters. The molecule has 0 aliphatic rings. The summed E-state index contributed by atoms with van der Waals surface area (Å²) >= 11 is 0. The van der Waals surface area contributed by atoms with E-state index in [0.717, 1.165) is 7.11 Å². The molecule has 2 nitrogen and oxygen atoms in total. The number of nitrogens with zero attached hydrogens (tertiary/aromatic N) is 1. The fourth-order valence-corrected chi connectivity index (χ4v) is 0.280. The number of alkyl halides is 4. The van der Waals surface area contributed by atoms with Crippen LogP contribution < -0.4 is 0 Å². The average Bonchev–Trinajstić information content (AvgIpc) is 1.81. The Kier molecular flexibility index (Phi) is 3.75. The highest BCUT2D eigenvalue weighted by atomic mass is 19.3. The fourth-order valence-electron chi connectivity index (χ4n) is 0.280. The second-order valence-corrected chi connectivity index (χ2v) is 1.30. The molecule has 0 saturated carbocycles. The molecule has 0 radical (unpaired) electrons. The summed E-state index contributed by atoms with van der Waals surface area (Å²) in [7, 11) is 0.921. The van der Waals surface area contributed by atoms with E-state index in [9.17, 15) is 17.6 Å². The number of hydrogen-bond donors (Lipinski definition) is 0. The third-order valence-electron chi connectivity index (χ3n) is 0.644. The Balaban J connectivity index is 4.12. The van der Waals surface area contributed by atoms with Crippen LogP contribution in [0.3, 0.4) is 0 Å². The molecule has 60 valence electrons. The summed E-state index contributed by atoms with van der Waals surface area (Å²) in [5, 5.41) is 2.44. The molecule has 0 spiro atoms. The summed E-state index contributed by atoms with van der Waals surface area (Å²) in [6.07, 6.45) is -6.53. The molecule has 0 aromatic rings. The van der Waals surface area contributed by atoms with Crippen LogP contribution in [0.5, 0.6) is 0 Å². The zero-order valence-electron chi connectivity index (χ0n) is 5.02. The van der Waals surface area contributed by atoms with Crippen molar-refractivity contribution >= 4 is 5.71 Å². The van der Waals surface area contributed by atoms with Crippen LogP contribution in [-0.4, -0.2) is 25.7 Å². The summed E-state index contributed by atoms with van der Waals surface area (Å²) < 4.78 is 45.8. The van der Waals surface area contributed by atoms with Crippen molar-refractivity contribution in [3.8, 4) is 0 Å². The topological polar surface area (TPSA) is 21.6 Å². The number of hydrogen-bond acceptors (Lipinski definition) is 2. The van der Waals surface area contributed by atoms with E-state index in [1.54, 1.807) is 0 Å². The Hall–Kier alpha value is -0.810. The van der Waals surface area contributed by atoms with E-state index in [1.807, 2.05) is 0 Å². The van der Waals surface area contributed by atoms with Gasteiger partial charge < -0.3 is 4.84 Å². The molecule has 0 fully saturated rings. The van der Waals surface area contributed by atoms with Crippen LogP contribution in [0.25, 0.3) is 0 Å². The van der Waals surface area contributed by atoms with Gasteiger partial charge >= 0.3 is 0 Å². The summed E-state index contributed by atoms with van der Waals surface area (Å²) in [6.45, 7) is 0. The van der Waals surface area contributed by atoms with E-state index in [1.165, 1.54) is 0 Å². The van der Waals surface area contributed by atoms with Gasteiger partial charge in [0, 0.05) is 0 Å². The number of oxime groups is 1. The summed E-state index contributed by atoms with van der Waals surface area (Å²) in [4.78, 5) is 3.75. The Labute approximate surface area is 54.5 Å². The molecule has 0 aromatic heterocycles. The summed E-state index contributed by atoms with van der Waals surface area (Å²) in [6, 6.07) is 0. The van der Waals surface area contributed by atoms with E-state index in [4.69, 9.17) is 0 Å². The van der Waals surface area contributed by atoms with Crippen LogP contribution in [0.2, 0.25) is 0 Å². The van der Waals surface area contributed by atoms with Gasteiger partial charge in [-0.15, -0.1) is 0 Å². The van der Waals surface area contributed by atoms with Crippen LogP contribution in [0.1, 0.15) is 0 Å². The van der Waals surface area contributed by atoms with Crippen LogP contribution in [-0.2, 0) is 4.84 Å². The maximum absolute atomic E-state index is 11.4. The van der Waals surface area contributed by atoms with E-state index in [2.05, 4.69) is 9.99 Å². The van der Waals surface area contributed by atoms with E-state index in [0.29, 0.717) is 0 Å². The summed E-state index contributed by atoms with van der Waals surface area (Å²) in [5.74, 6) is 0. The zero-order chi connectivity index (χ0) is 8.15. The molecule has 6 heteroatoms. The lowest BCUT2D eigenvalue weighted by Gasteiger charge is -2.00. The highest BCUT2D eigenvalue weighted by molar-refractivity contribution is 5.89. The first-order valence-corrected chi connectivity index (χ1v) is 2.26. The standard InChI is InChI=1S/C4H5F4NO/c1-10-9-2(3(5)6)4(7)8/h3-4H,1H3. The van der Waals surface area contributed by atoms with Crippen molar-refractivity contribution in [1.82, 2.24) is 0 Å². The van der Waals surface area contributed by atoms with Crippen molar-refractivity contribution in [3.63, 3.8) is 0 Å². The highest BCUT2D eigenvalue weighted by Crippen LogP contribution is 2.06. The van der Waals surface area contributed by atoms with Crippen molar-refractivity contribution in [2.24, 2.45) is 5.16 Å². The monoisotopic (exact) mass is 159 g/mol. The number of halogens is 4. The van der Waals surface area contributed by atoms with Crippen LogP contribution in [0.15, 0.2) is 5.16 Å². The van der Waals surface area contributed by atoms with Crippen molar-refractivity contribution in [1.29, 1.82) is 0 Å². The molecule has 0 aliphatic carbocycles. The first-order chi connectivity index (χ1) is 4.59. The molecule has 0 atom stereocenters. The Morgan fingerprint density at radius 3 is 1.70 bits per heavy atom. The predicted octanol–water partition coefficient (Wildman–Crippen LogP) is 1.52. The Morgan fingerprint density at radius 1 is 1.20 bits per heavy atom.